The molecule has 0 aromatic rings. The van der Waals surface area contributed by atoms with Gasteiger partial charge in [-0.3, -0.25) is 9.59 Å². The third-order valence-electron chi connectivity index (χ3n) is 2.72. The average molecular weight is 276 g/mol. The van der Waals surface area contributed by atoms with Gasteiger partial charge in [0.15, 0.2) is 6.29 Å². The maximum Gasteiger partial charge on any atom is 0.306 e. The fourth-order valence-electron chi connectivity index (χ4n) is 1.80. The summed E-state index contributed by atoms with van der Waals surface area (Å²) in [4.78, 5) is 22.1. The molecule has 0 bridgehead atoms. The highest BCUT2D eigenvalue weighted by Crippen LogP contribution is 2.22. The molecule has 1 fully saturated rings. The first-order valence-corrected chi connectivity index (χ1v) is 6.28. The number of aliphatic hydroxyl groups excluding tert-OH is 2. The smallest absolute Gasteiger partial charge is 0.306 e. The Bertz CT molecular complexity index is 317. The number of ether oxygens (including phenoxy) is 3. The number of rotatable bonds is 5. The molecule has 1 aliphatic rings. The molecule has 0 radical (unpaired) electrons. The highest BCUT2D eigenvalue weighted by Gasteiger charge is 2.39. The van der Waals surface area contributed by atoms with Crippen LogP contribution in [0.2, 0.25) is 0 Å². The molecule has 7 nitrogen and oxygen atoms in total. The van der Waals surface area contributed by atoms with E-state index < -0.39 is 36.5 Å². The average Bonchev–Trinajstić information content (AvgIpc) is 2.31. The van der Waals surface area contributed by atoms with Crippen LogP contribution in [0.1, 0.15) is 33.1 Å². The summed E-state index contributed by atoms with van der Waals surface area (Å²) in [6.45, 7) is 2.86. The quantitative estimate of drug-likeness (QED) is 0.666. The van der Waals surface area contributed by atoms with Gasteiger partial charge in [-0.05, 0) is 6.42 Å². The molecule has 19 heavy (non-hydrogen) atoms. The SMILES string of the molecule is CCCC(=O)OC1CC(O)OC(COC(C)=O)C1O. The van der Waals surface area contributed by atoms with Gasteiger partial charge in [0, 0.05) is 19.8 Å². The van der Waals surface area contributed by atoms with E-state index in [1.54, 1.807) is 0 Å². The Morgan fingerprint density at radius 1 is 1.37 bits per heavy atom. The van der Waals surface area contributed by atoms with Crippen LogP contribution in [0.5, 0.6) is 0 Å². The van der Waals surface area contributed by atoms with Crippen LogP contribution in [0.4, 0.5) is 0 Å². The maximum absolute atomic E-state index is 11.4. The summed E-state index contributed by atoms with van der Waals surface area (Å²) >= 11 is 0. The van der Waals surface area contributed by atoms with Gasteiger partial charge in [-0.25, -0.2) is 0 Å². The molecular weight excluding hydrogens is 256 g/mol. The number of carbonyl (C=O) groups is 2. The van der Waals surface area contributed by atoms with Crippen molar-refractivity contribution in [2.24, 2.45) is 0 Å². The lowest BCUT2D eigenvalue weighted by molar-refractivity contribution is -0.247. The zero-order chi connectivity index (χ0) is 14.4. The Hall–Kier alpha value is -1.18. The Labute approximate surface area is 111 Å². The molecule has 0 aromatic heterocycles. The monoisotopic (exact) mass is 276 g/mol. The van der Waals surface area contributed by atoms with Gasteiger partial charge < -0.3 is 24.4 Å². The standard InChI is InChI=1S/C12H20O7/c1-3-4-10(14)18-8-5-11(15)19-9(12(8)16)6-17-7(2)13/h8-9,11-12,15-16H,3-6H2,1-2H3. The van der Waals surface area contributed by atoms with E-state index in [1.807, 2.05) is 6.92 Å². The van der Waals surface area contributed by atoms with E-state index in [2.05, 4.69) is 0 Å². The van der Waals surface area contributed by atoms with Gasteiger partial charge in [-0.15, -0.1) is 0 Å². The second-order valence-electron chi connectivity index (χ2n) is 4.44. The lowest BCUT2D eigenvalue weighted by atomic mass is 10.0. The van der Waals surface area contributed by atoms with Gasteiger partial charge in [0.05, 0.1) is 0 Å². The largest absolute Gasteiger partial charge is 0.463 e. The van der Waals surface area contributed by atoms with Crippen LogP contribution in [0.15, 0.2) is 0 Å². The molecule has 0 saturated carbocycles. The molecule has 4 atom stereocenters. The van der Waals surface area contributed by atoms with Gasteiger partial charge in [0.1, 0.15) is 24.9 Å². The van der Waals surface area contributed by atoms with Crippen molar-refractivity contribution in [3.8, 4) is 0 Å². The summed E-state index contributed by atoms with van der Waals surface area (Å²) in [5, 5.41) is 19.5. The molecule has 0 aliphatic carbocycles. The van der Waals surface area contributed by atoms with Crippen LogP contribution in [-0.4, -0.2) is 53.4 Å². The van der Waals surface area contributed by atoms with Gasteiger partial charge in [0.25, 0.3) is 0 Å². The van der Waals surface area contributed by atoms with Crippen LogP contribution in [-0.2, 0) is 23.8 Å². The molecule has 2 N–H and O–H groups in total. The van der Waals surface area contributed by atoms with Crippen LogP contribution in [0.3, 0.4) is 0 Å². The topological polar surface area (TPSA) is 102 Å². The number of esters is 2. The summed E-state index contributed by atoms with van der Waals surface area (Å²) in [6.07, 6.45) is -3.19. The zero-order valence-electron chi connectivity index (χ0n) is 11.1. The minimum atomic E-state index is -1.16. The molecule has 0 aromatic carbocycles. The second-order valence-corrected chi connectivity index (χ2v) is 4.44. The summed E-state index contributed by atoms with van der Waals surface area (Å²) in [6, 6.07) is 0. The number of carbonyl (C=O) groups excluding carboxylic acids is 2. The van der Waals surface area contributed by atoms with Gasteiger partial charge in [0.2, 0.25) is 0 Å². The maximum atomic E-state index is 11.4. The summed E-state index contributed by atoms with van der Waals surface area (Å²) < 4.78 is 14.9. The van der Waals surface area contributed by atoms with Gasteiger partial charge in [-0.2, -0.15) is 0 Å². The fraction of sp³-hybridized carbons (Fsp3) is 0.833. The van der Waals surface area contributed by atoms with E-state index in [-0.39, 0.29) is 19.4 Å². The first kappa shape index (κ1) is 15.9. The van der Waals surface area contributed by atoms with E-state index in [0.717, 1.165) is 0 Å². The lowest BCUT2D eigenvalue weighted by Crippen LogP contribution is -2.51. The molecule has 1 aliphatic heterocycles. The molecule has 7 heteroatoms. The summed E-state index contributed by atoms with van der Waals surface area (Å²) in [7, 11) is 0. The minimum Gasteiger partial charge on any atom is -0.463 e. The van der Waals surface area contributed by atoms with Crippen LogP contribution < -0.4 is 0 Å². The van der Waals surface area contributed by atoms with Crippen molar-refractivity contribution >= 4 is 11.9 Å². The summed E-state index contributed by atoms with van der Waals surface area (Å²) in [5.41, 5.74) is 0. The molecule has 1 rings (SSSR count). The molecule has 0 spiro atoms. The van der Waals surface area contributed by atoms with E-state index >= 15 is 0 Å². The minimum absolute atomic E-state index is 0.00675. The fourth-order valence-corrected chi connectivity index (χ4v) is 1.80. The Balaban J connectivity index is 2.56. The highest BCUT2D eigenvalue weighted by atomic mass is 16.6. The number of aliphatic hydroxyl groups is 2. The normalized spacial score (nSPS) is 30.7. The number of hydrogen-bond donors (Lipinski definition) is 2. The van der Waals surface area contributed by atoms with E-state index in [9.17, 15) is 19.8 Å². The van der Waals surface area contributed by atoms with Crippen molar-refractivity contribution in [3.05, 3.63) is 0 Å². The van der Waals surface area contributed by atoms with Gasteiger partial charge in [-0.1, -0.05) is 6.92 Å². The zero-order valence-corrected chi connectivity index (χ0v) is 11.1. The third-order valence-corrected chi connectivity index (χ3v) is 2.72. The predicted molar refractivity (Wildman–Crippen MR) is 62.9 cm³/mol. The Morgan fingerprint density at radius 3 is 2.63 bits per heavy atom. The molecule has 1 heterocycles. The second kappa shape index (κ2) is 7.42. The first-order chi connectivity index (χ1) is 8.93. The molecule has 110 valence electrons. The van der Waals surface area contributed by atoms with Crippen molar-refractivity contribution < 1.29 is 34.0 Å². The van der Waals surface area contributed by atoms with Crippen LogP contribution in [0.25, 0.3) is 0 Å². The molecular formula is C12H20O7. The molecule has 0 amide bonds. The third kappa shape index (κ3) is 5.14. The Kier molecular flexibility index (Phi) is 6.20. The number of hydrogen-bond acceptors (Lipinski definition) is 7. The van der Waals surface area contributed by atoms with E-state index in [4.69, 9.17) is 14.2 Å². The van der Waals surface area contributed by atoms with Crippen molar-refractivity contribution in [2.75, 3.05) is 6.61 Å². The predicted octanol–water partition coefficient (Wildman–Crippen LogP) is -0.270. The first-order valence-electron chi connectivity index (χ1n) is 6.28. The Morgan fingerprint density at radius 2 is 2.05 bits per heavy atom. The lowest BCUT2D eigenvalue weighted by Gasteiger charge is -2.36. The van der Waals surface area contributed by atoms with Crippen LogP contribution in [0, 0.1) is 0 Å². The molecule has 4 unspecified atom stereocenters. The van der Waals surface area contributed by atoms with Crippen LogP contribution >= 0.6 is 0 Å². The highest BCUT2D eigenvalue weighted by molar-refractivity contribution is 5.69. The van der Waals surface area contributed by atoms with E-state index in [1.165, 1.54) is 6.92 Å². The molecule has 1 saturated heterocycles. The van der Waals surface area contributed by atoms with Crippen molar-refractivity contribution in [2.45, 2.75) is 57.7 Å². The van der Waals surface area contributed by atoms with Crippen molar-refractivity contribution in [1.82, 2.24) is 0 Å². The van der Waals surface area contributed by atoms with Gasteiger partial charge >= 0.3 is 11.9 Å². The summed E-state index contributed by atoms with van der Waals surface area (Å²) in [5.74, 6) is -0.956. The van der Waals surface area contributed by atoms with Crippen molar-refractivity contribution in [1.29, 1.82) is 0 Å². The van der Waals surface area contributed by atoms with Crippen molar-refractivity contribution in [3.63, 3.8) is 0 Å². The van der Waals surface area contributed by atoms with E-state index in [0.29, 0.717) is 6.42 Å².